The number of ether oxygens (including phenoxy) is 2. The van der Waals surface area contributed by atoms with Crippen LogP contribution < -0.4 is 9.80 Å². The minimum absolute atomic E-state index is 0.0408. The molecule has 0 amide bonds. The Balaban J connectivity index is 2.11. The number of nitrogens with zero attached hydrogens (tertiary/aromatic N) is 2. The van der Waals surface area contributed by atoms with E-state index in [0.29, 0.717) is 33.9 Å². The van der Waals surface area contributed by atoms with Gasteiger partial charge in [-0.1, -0.05) is 12.1 Å². The molecule has 0 aromatic heterocycles. The lowest BCUT2D eigenvalue weighted by Crippen LogP contribution is -2.31. The number of methoxy groups -OCH3 is 2. The predicted octanol–water partition coefficient (Wildman–Crippen LogP) is 4.19. The topological polar surface area (TPSA) is 59.1 Å². The molecule has 0 aliphatic heterocycles. The molecule has 0 bridgehead atoms. The number of benzene rings is 2. The van der Waals surface area contributed by atoms with Gasteiger partial charge in [0.05, 0.1) is 25.4 Å². The van der Waals surface area contributed by atoms with Gasteiger partial charge in [-0.3, -0.25) is 0 Å². The van der Waals surface area contributed by atoms with E-state index in [1.54, 1.807) is 48.2 Å². The Hall–Kier alpha value is -3.68. The maximum absolute atomic E-state index is 13.8. The number of allylic oxidation sites excluding steroid dienone is 2. The van der Waals surface area contributed by atoms with E-state index >= 15 is 0 Å². The molecule has 0 unspecified atom stereocenters. The Morgan fingerprint density at radius 1 is 0.750 bits per heavy atom. The van der Waals surface area contributed by atoms with Crippen LogP contribution in [0.2, 0.25) is 0 Å². The van der Waals surface area contributed by atoms with Gasteiger partial charge in [-0.15, -0.1) is 0 Å². The molecule has 2 aromatic rings. The molecule has 8 heteroatoms. The number of anilines is 2. The first-order valence-corrected chi connectivity index (χ1v) is 9.86. The fourth-order valence-corrected chi connectivity index (χ4v) is 3.70. The molecule has 168 valence electrons. The highest BCUT2D eigenvalue weighted by Crippen LogP contribution is 2.37. The molecule has 0 spiro atoms. The van der Waals surface area contributed by atoms with E-state index in [9.17, 15) is 18.4 Å². The lowest BCUT2D eigenvalue weighted by Gasteiger charge is -2.34. The van der Waals surface area contributed by atoms with E-state index in [1.165, 1.54) is 38.5 Å². The first-order valence-electron chi connectivity index (χ1n) is 9.86. The molecule has 0 saturated heterocycles. The maximum atomic E-state index is 13.8. The van der Waals surface area contributed by atoms with E-state index < -0.39 is 23.6 Å². The van der Waals surface area contributed by atoms with Crippen LogP contribution in [0.3, 0.4) is 0 Å². The van der Waals surface area contributed by atoms with Crippen molar-refractivity contribution in [3.8, 4) is 0 Å². The highest BCUT2D eigenvalue weighted by molar-refractivity contribution is 5.96. The van der Waals surface area contributed by atoms with E-state index in [1.807, 2.05) is 0 Å². The van der Waals surface area contributed by atoms with Crippen LogP contribution in [-0.4, -0.2) is 40.3 Å². The lowest BCUT2D eigenvalue weighted by atomic mass is 9.91. The second-order valence-electron chi connectivity index (χ2n) is 7.26. The first-order chi connectivity index (χ1) is 15.3. The molecule has 0 fully saturated rings. The largest absolute Gasteiger partial charge is 0.466 e. The van der Waals surface area contributed by atoms with E-state index in [4.69, 9.17) is 9.47 Å². The van der Waals surface area contributed by atoms with Crippen LogP contribution in [-0.2, 0) is 19.1 Å². The molecule has 6 nitrogen and oxygen atoms in total. The van der Waals surface area contributed by atoms with Crippen molar-refractivity contribution in [1.82, 2.24) is 0 Å². The van der Waals surface area contributed by atoms with Crippen molar-refractivity contribution in [3.63, 3.8) is 0 Å². The van der Waals surface area contributed by atoms with E-state index in [2.05, 4.69) is 0 Å². The van der Waals surface area contributed by atoms with Crippen LogP contribution in [0.4, 0.5) is 20.2 Å². The summed E-state index contributed by atoms with van der Waals surface area (Å²) < 4.78 is 37.6. The molecule has 0 atom stereocenters. The van der Waals surface area contributed by atoms with Crippen LogP contribution in [0.5, 0.6) is 0 Å². The standard InChI is InChI=1S/C24H24F2N2O4/c1-27(17-9-5-7-15(25)11-17)21-13-20(24(30)32-4)22(14-19(21)23(29)31-3)28(2)18-10-6-8-16(26)12-18/h5-12H,13-14H2,1-4H3. The Morgan fingerprint density at radius 3 is 1.44 bits per heavy atom. The summed E-state index contributed by atoms with van der Waals surface area (Å²) in [5.41, 5.74) is 2.61. The average Bonchev–Trinajstić information content (AvgIpc) is 2.81. The highest BCUT2D eigenvalue weighted by atomic mass is 19.1. The SMILES string of the molecule is COC(=O)C1=C(N(C)c2cccc(F)c2)CC(C(=O)OC)=C(N(C)c2cccc(F)c2)C1. The predicted molar refractivity (Wildman–Crippen MR) is 117 cm³/mol. The monoisotopic (exact) mass is 442 g/mol. The zero-order valence-corrected chi connectivity index (χ0v) is 18.3. The van der Waals surface area contributed by atoms with Crippen LogP contribution >= 0.6 is 0 Å². The van der Waals surface area contributed by atoms with Gasteiger partial charge in [0.2, 0.25) is 0 Å². The number of carbonyl (C=O) groups is 2. The zero-order valence-electron chi connectivity index (χ0n) is 18.3. The summed E-state index contributed by atoms with van der Waals surface area (Å²) in [6.07, 6.45) is 0.0816. The van der Waals surface area contributed by atoms with Crippen LogP contribution in [0.25, 0.3) is 0 Å². The molecular formula is C24H24F2N2O4. The van der Waals surface area contributed by atoms with Gasteiger partial charge in [-0.05, 0) is 36.4 Å². The number of halogens is 2. The smallest absolute Gasteiger partial charge is 0.335 e. The Kier molecular flexibility index (Phi) is 6.92. The van der Waals surface area contributed by atoms with Gasteiger partial charge in [0.1, 0.15) is 11.6 Å². The van der Waals surface area contributed by atoms with Crippen molar-refractivity contribution in [3.05, 3.63) is 82.7 Å². The normalized spacial score (nSPS) is 13.7. The van der Waals surface area contributed by atoms with Gasteiger partial charge in [0.15, 0.2) is 0 Å². The number of hydrogen-bond donors (Lipinski definition) is 0. The molecule has 2 aromatic carbocycles. The van der Waals surface area contributed by atoms with Gasteiger partial charge < -0.3 is 19.3 Å². The summed E-state index contributed by atoms with van der Waals surface area (Å²) in [7, 11) is 5.90. The Labute approximate surface area is 185 Å². The third kappa shape index (κ3) is 4.64. The van der Waals surface area contributed by atoms with Crippen molar-refractivity contribution in [1.29, 1.82) is 0 Å². The third-order valence-electron chi connectivity index (χ3n) is 5.45. The van der Waals surface area contributed by atoms with Gasteiger partial charge in [0, 0.05) is 49.7 Å². The second-order valence-corrected chi connectivity index (χ2v) is 7.26. The fraction of sp³-hybridized carbons (Fsp3) is 0.250. The number of carbonyl (C=O) groups excluding carboxylic acids is 2. The Bertz CT molecular complexity index is 1020. The van der Waals surface area contributed by atoms with Crippen molar-refractivity contribution >= 4 is 23.3 Å². The van der Waals surface area contributed by atoms with Crippen LogP contribution in [0, 0.1) is 11.6 Å². The maximum Gasteiger partial charge on any atom is 0.335 e. The number of esters is 2. The van der Waals surface area contributed by atoms with Crippen molar-refractivity contribution < 1.29 is 27.8 Å². The lowest BCUT2D eigenvalue weighted by molar-refractivity contribution is -0.137. The highest BCUT2D eigenvalue weighted by Gasteiger charge is 2.33. The van der Waals surface area contributed by atoms with Gasteiger partial charge in [0.25, 0.3) is 0 Å². The molecule has 1 aliphatic rings. The van der Waals surface area contributed by atoms with Crippen molar-refractivity contribution in [2.24, 2.45) is 0 Å². The van der Waals surface area contributed by atoms with Crippen LogP contribution in [0.1, 0.15) is 12.8 Å². The van der Waals surface area contributed by atoms with Crippen molar-refractivity contribution in [2.75, 3.05) is 38.1 Å². The summed E-state index contributed by atoms with van der Waals surface area (Å²) in [4.78, 5) is 28.7. The summed E-state index contributed by atoms with van der Waals surface area (Å²) >= 11 is 0. The average molecular weight is 442 g/mol. The summed E-state index contributed by atoms with van der Waals surface area (Å²) in [5.74, 6) is -2.00. The number of rotatable bonds is 6. The second kappa shape index (κ2) is 9.64. The molecule has 1 aliphatic carbocycles. The van der Waals surface area contributed by atoms with Gasteiger partial charge in [-0.2, -0.15) is 0 Å². The van der Waals surface area contributed by atoms with Crippen molar-refractivity contribution in [2.45, 2.75) is 12.8 Å². The molecular weight excluding hydrogens is 418 g/mol. The fourth-order valence-electron chi connectivity index (χ4n) is 3.70. The number of hydrogen-bond acceptors (Lipinski definition) is 6. The van der Waals surface area contributed by atoms with Crippen LogP contribution in [0.15, 0.2) is 71.1 Å². The first kappa shape index (κ1) is 23.0. The van der Waals surface area contributed by atoms with Gasteiger partial charge >= 0.3 is 11.9 Å². The minimum Gasteiger partial charge on any atom is -0.466 e. The molecule has 32 heavy (non-hydrogen) atoms. The summed E-state index contributed by atoms with van der Waals surface area (Å²) in [6, 6.07) is 11.8. The van der Waals surface area contributed by atoms with E-state index in [-0.39, 0.29) is 12.8 Å². The summed E-state index contributed by atoms with van der Waals surface area (Å²) in [5, 5.41) is 0. The Morgan fingerprint density at radius 2 is 1.12 bits per heavy atom. The van der Waals surface area contributed by atoms with Gasteiger partial charge in [-0.25, -0.2) is 18.4 Å². The van der Waals surface area contributed by atoms with E-state index in [0.717, 1.165) is 0 Å². The molecule has 3 rings (SSSR count). The molecule has 0 heterocycles. The molecule has 0 N–H and O–H groups in total. The minimum atomic E-state index is -0.572. The summed E-state index contributed by atoms with van der Waals surface area (Å²) in [6.45, 7) is 0. The zero-order chi connectivity index (χ0) is 23.4. The quantitative estimate of drug-likeness (QED) is 0.626. The third-order valence-corrected chi connectivity index (χ3v) is 5.45. The molecule has 0 radical (unpaired) electrons. The molecule has 0 saturated carbocycles.